The number of piperazine rings is 1. The Hall–Kier alpha value is -2.51. The lowest BCUT2D eigenvalue weighted by molar-refractivity contribution is 0.123. The van der Waals surface area contributed by atoms with Crippen LogP contribution in [0.25, 0.3) is 5.69 Å². The number of aromatic nitrogens is 5. The van der Waals surface area contributed by atoms with Gasteiger partial charge in [-0.1, -0.05) is 12.1 Å². The zero-order valence-electron chi connectivity index (χ0n) is 16.1. The first-order chi connectivity index (χ1) is 13.2. The highest BCUT2D eigenvalue weighted by atomic mass is 15.3. The average molecular weight is 365 g/mol. The Labute approximate surface area is 160 Å². The standard InChI is InChI=1S/C20H27N7/c1-17-12-18(2)27(23-17)20-5-3-4-19(13-20)14-25-8-6-24(7-9-25)10-11-26-16-21-15-22-26/h3-5,12-13,15-16H,6-11,14H2,1-2H3. The van der Waals surface area contributed by atoms with Crippen LogP contribution in [0.3, 0.4) is 0 Å². The number of hydrogen-bond donors (Lipinski definition) is 0. The highest BCUT2D eigenvalue weighted by Gasteiger charge is 2.17. The third-order valence-corrected chi connectivity index (χ3v) is 5.15. The molecule has 0 saturated carbocycles. The molecule has 1 aromatic carbocycles. The van der Waals surface area contributed by atoms with Crippen molar-refractivity contribution in [3.63, 3.8) is 0 Å². The van der Waals surface area contributed by atoms with Gasteiger partial charge in [0.15, 0.2) is 0 Å². The minimum Gasteiger partial charge on any atom is -0.299 e. The molecule has 0 atom stereocenters. The minimum atomic E-state index is 0.907. The number of rotatable bonds is 6. The molecule has 7 heteroatoms. The van der Waals surface area contributed by atoms with E-state index in [0.717, 1.165) is 57.2 Å². The predicted molar refractivity (Wildman–Crippen MR) is 105 cm³/mol. The summed E-state index contributed by atoms with van der Waals surface area (Å²) in [5.74, 6) is 0. The van der Waals surface area contributed by atoms with Gasteiger partial charge in [0.2, 0.25) is 0 Å². The molecule has 142 valence electrons. The SMILES string of the molecule is Cc1cc(C)n(-c2cccc(CN3CCN(CCn4cncn4)CC3)c2)n1. The van der Waals surface area contributed by atoms with Crippen LogP contribution in [0.2, 0.25) is 0 Å². The molecule has 27 heavy (non-hydrogen) atoms. The van der Waals surface area contributed by atoms with Gasteiger partial charge in [0.25, 0.3) is 0 Å². The molecule has 0 aliphatic carbocycles. The van der Waals surface area contributed by atoms with Crippen LogP contribution in [0, 0.1) is 13.8 Å². The molecule has 0 amide bonds. The number of aryl methyl sites for hydroxylation is 2. The van der Waals surface area contributed by atoms with Crippen molar-refractivity contribution in [3.8, 4) is 5.69 Å². The molecule has 0 N–H and O–H groups in total. The van der Waals surface area contributed by atoms with Gasteiger partial charge in [-0.05, 0) is 37.6 Å². The van der Waals surface area contributed by atoms with E-state index in [1.165, 1.54) is 11.3 Å². The first-order valence-electron chi connectivity index (χ1n) is 9.57. The molecule has 1 fully saturated rings. The van der Waals surface area contributed by atoms with Crippen molar-refractivity contribution in [2.45, 2.75) is 26.9 Å². The van der Waals surface area contributed by atoms with Crippen molar-refractivity contribution in [2.24, 2.45) is 0 Å². The third-order valence-electron chi connectivity index (χ3n) is 5.15. The van der Waals surface area contributed by atoms with Crippen LogP contribution in [-0.2, 0) is 13.1 Å². The van der Waals surface area contributed by atoms with E-state index < -0.39 is 0 Å². The fraction of sp³-hybridized carbons (Fsp3) is 0.450. The zero-order chi connectivity index (χ0) is 18.6. The molecule has 1 saturated heterocycles. The Bertz CT molecular complexity index is 860. The number of nitrogens with zero attached hydrogens (tertiary/aromatic N) is 7. The highest BCUT2D eigenvalue weighted by Crippen LogP contribution is 2.16. The summed E-state index contributed by atoms with van der Waals surface area (Å²) in [6, 6.07) is 10.9. The quantitative estimate of drug-likeness (QED) is 0.668. The van der Waals surface area contributed by atoms with Crippen LogP contribution in [0.4, 0.5) is 0 Å². The zero-order valence-corrected chi connectivity index (χ0v) is 16.1. The molecule has 7 nitrogen and oxygen atoms in total. The Morgan fingerprint density at radius 3 is 2.48 bits per heavy atom. The molecule has 2 aromatic heterocycles. The van der Waals surface area contributed by atoms with Crippen molar-refractivity contribution in [1.29, 1.82) is 0 Å². The van der Waals surface area contributed by atoms with Crippen molar-refractivity contribution in [3.05, 3.63) is 59.9 Å². The van der Waals surface area contributed by atoms with Gasteiger partial charge in [-0.25, -0.2) is 9.67 Å². The lowest BCUT2D eigenvalue weighted by Gasteiger charge is -2.34. The lowest BCUT2D eigenvalue weighted by atomic mass is 10.1. The molecule has 1 aliphatic rings. The topological polar surface area (TPSA) is 55.0 Å². The van der Waals surface area contributed by atoms with Crippen LogP contribution < -0.4 is 0 Å². The molecular weight excluding hydrogens is 338 g/mol. The molecule has 3 heterocycles. The van der Waals surface area contributed by atoms with Gasteiger partial charge in [-0.3, -0.25) is 14.5 Å². The molecule has 0 bridgehead atoms. The smallest absolute Gasteiger partial charge is 0.137 e. The lowest BCUT2D eigenvalue weighted by Crippen LogP contribution is -2.46. The molecular formula is C20H27N7. The number of hydrogen-bond acceptors (Lipinski definition) is 5. The molecule has 4 rings (SSSR count). The van der Waals surface area contributed by atoms with Gasteiger partial charge in [0.05, 0.1) is 17.9 Å². The normalized spacial score (nSPS) is 16.1. The van der Waals surface area contributed by atoms with E-state index in [9.17, 15) is 0 Å². The Kier molecular flexibility index (Phi) is 5.31. The molecule has 0 unspecified atom stereocenters. The molecule has 0 spiro atoms. The maximum absolute atomic E-state index is 4.60. The summed E-state index contributed by atoms with van der Waals surface area (Å²) < 4.78 is 3.93. The van der Waals surface area contributed by atoms with E-state index in [-0.39, 0.29) is 0 Å². The second-order valence-corrected chi connectivity index (χ2v) is 7.29. The summed E-state index contributed by atoms with van der Waals surface area (Å²) >= 11 is 0. The fourth-order valence-electron chi connectivity index (χ4n) is 3.70. The minimum absolute atomic E-state index is 0.907. The van der Waals surface area contributed by atoms with Crippen LogP contribution in [-0.4, -0.2) is 67.1 Å². The van der Waals surface area contributed by atoms with Gasteiger partial charge < -0.3 is 0 Å². The van der Waals surface area contributed by atoms with E-state index >= 15 is 0 Å². The Morgan fingerprint density at radius 1 is 0.963 bits per heavy atom. The monoisotopic (exact) mass is 365 g/mol. The highest BCUT2D eigenvalue weighted by molar-refractivity contribution is 5.37. The Balaban J connectivity index is 1.31. The van der Waals surface area contributed by atoms with Gasteiger partial charge in [-0.15, -0.1) is 0 Å². The van der Waals surface area contributed by atoms with Crippen LogP contribution >= 0.6 is 0 Å². The maximum Gasteiger partial charge on any atom is 0.137 e. The van der Waals surface area contributed by atoms with Gasteiger partial charge in [0.1, 0.15) is 12.7 Å². The Morgan fingerprint density at radius 2 is 1.78 bits per heavy atom. The molecule has 0 radical (unpaired) electrons. The van der Waals surface area contributed by atoms with Crippen LogP contribution in [0.15, 0.2) is 43.0 Å². The van der Waals surface area contributed by atoms with Crippen LogP contribution in [0.1, 0.15) is 17.0 Å². The van der Waals surface area contributed by atoms with Gasteiger partial charge in [0, 0.05) is 45.0 Å². The van der Waals surface area contributed by atoms with E-state index in [2.05, 4.69) is 62.2 Å². The van der Waals surface area contributed by atoms with Crippen molar-refractivity contribution >= 4 is 0 Å². The second kappa shape index (κ2) is 8.02. The summed E-state index contributed by atoms with van der Waals surface area (Å²) in [5.41, 5.74) is 4.71. The summed E-state index contributed by atoms with van der Waals surface area (Å²) in [5, 5.41) is 8.78. The third kappa shape index (κ3) is 4.43. The largest absolute Gasteiger partial charge is 0.299 e. The van der Waals surface area contributed by atoms with Crippen molar-refractivity contribution in [2.75, 3.05) is 32.7 Å². The van der Waals surface area contributed by atoms with Crippen molar-refractivity contribution < 1.29 is 0 Å². The average Bonchev–Trinajstić information content (AvgIpc) is 3.30. The van der Waals surface area contributed by atoms with E-state index in [1.807, 2.05) is 16.3 Å². The van der Waals surface area contributed by atoms with Gasteiger partial charge in [-0.2, -0.15) is 10.2 Å². The summed E-state index contributed by atoms with van der Waals surface area (Å²) in [4.78, 5) is 9.04. The maximum atomic E-state index is 4.60. The van der Waals surface area contributed by atoms with Crippen LogP contribution in [0.5, 0.6) is 0 Å². The summed E-state index contributed by atoms with van der Waals surface area (Å²) in [6.45, 7) is 11.5. The first-order valence-corrected chi connectivity index (χ1v) is 9.57. The predicted octanol–water partition coefficient (Wildman–Crippen LogP) is 1.90. The fourth-order valence-corrected chi connectivity index (χ4v) is 3.70. The summed E-state index contributed by atoms with van der Waals surface area (Å²) in [6.07, 6.45) is 3.38. The first kappa shape index (κ1) is 17.9. The van der Waals surface area contributed by atoms with E-state index in [1.54, 1.807) is 12.7 Å². The molecule has 1 aliphatic heterocycles. The van der Waals surface area contributed by atoms with E-state index in [0.29, 0.717) is 0 Å². The summed E-state index contributed by atoms with van der Waals surface area (Å²) in [7, 11) is 0. The number of benzene rings is 1. The van der Waals surface area contributed by atoms with E-state index in [4.69, 9.17) is 0 Å². The van der Waals surface area contributed by atoms with Crippen molar-refractivity contribution in [1.82, 2.24) is 34.3 Å². The second-order valence-electron chi connectivity index (χ2n) is 7.29. The molecule has 3 aromatic rings. The van der Waals surface area contributed by atoms with Gasteiger partial charge >= 0.3 is 0 Å².